The average molecular weight is 348 g/mol. The number of ether oxygens (including phenoxy) is 1. The average Bonchev–Trinajstić information content (AvgIpc) is 2.67. The Morgan fingerprint density at radius 2 is 2.00 bits per heavy atom. The summed E-state index contributed by atoms with van der Waals surface area (Å²) in [6.07, 6.45) is 1.35. The van der Waals surface area contributed by atoms with Crippen molar-refractivity contribution in [1.82, 2.24) is 5.32 Å². The van der Waals surface area contributed by atoms with Crippen LogP contribution in [0.15, 0.2) is 48.5 Å². The molecule has 5 heteroatoms. The Morgan fingerprint density at radius 1 is 1.15 bits per heavy atom. The van der Waals surface area contributed by atoms with Crippen molar-refractivity contribution in [3.8, 4) is 11.8 Å². The Morgan fingerprint density at radius 3 is 2.85 bits per heavy atom. The second kappa shape index (κ2) is 8.72. The van der Waals surface area contributed by atoms with Crippen molar-refractivity contribution < 1.29 is 14.3 Å². The Labute approximate surface area is 152 Å². The molecule has 0 bridgehead atoms. The molecule has 0 radical (unpaired) electrons. The van der Waals surface area contributed by atoms with Gasteiger partial charge in [0.05, 0.1) is 0 Å². The summed E-state index contributed by atoms with van der Waals surface area (Å²) in [5, 5.41) is 5.53. The first-order chi connectivity index (χ1) is 12.7. The summed E-state index contributed by atoms with van der Waals surface area (Å²) < 4.78 is 5.13. The molecule has 132 valence electrons. The molecule has 5 nitrogen and oxygen atoms in total. The van der Waals surface area contributed by atoms with Crippen molar-refractivity contribution in [2.75, 3.05) is 11.9 Å². The molecule has 0 spiro atoms. The predicted molar refractivity (Wildman–Crippen MR) is 99.5 cm³/mol. The van der Waals surface area contributed by atoms with Crippen molar-refractivity contribution in [1.29, 1.82) is 0 Å². The lowest BCUT2D eigenvalue weighted by molar-refractivity contribution is -0.116. The summed E-state index contributed by atoms with van der Waals surface area (Å²) >= 11 is 0. The Balaban J connectivity index is 1.40. The first-order valence-corrected chi connectivity index (χ1v) is 8.57. The number of amides is 2. The minimum absolute atomic E-state index is 0.0570. The van der Waals surface area contributed by atoms with Gasteiger partial charge in [0.1, 0.15) is 6.61 Å². The smallest absolute Gasteiger partial charge is 0.407 e. The molecule has 0 fully saturated rings. The van der Waals surface area contributed by atoms with Gasteiger partial charge in [-0.1, -0.05) is 42.2 Å². The van der Waals surface area contributed by atoms with Crippen LogP contribution in [0.2, 0.25) is 0 Å². The van der Waals surface area contributed by atoms with Gasteiger partial charge in [-0.3, -0.25) is 4.79 Å². The van der Waals surface area contributed by atoms with Crippen LogP contribution < -0.4 is 10.6 Å². The lowest BCUT2D eigenvalue weighted by atomic mass is 10.0. The summed E-state index contributed by atoms with van der Waals surface area (Å²) in [4.78, 5) is 23.0. The van der Waals surface area contributed by atoms with Crippen LogP contribution in [-0.2, 0) is 22.6 Å². The van der Waals surface area contributed by atoms with Gasteiger partial charge in [-0.2, -0.15) is 0 Å². The van der Waals surface area contributed by atoms with Gasteiger partial charge in [0.2, 0.25) is 5.91 Å². The van der Waals surface area contributed by atoms with E-state index in [-0.39, 0.29) is 12.5 Å². The van der Waals surface area contributed by atoms with Crippen LogP contribution in [0.5, 0.6) is 0 Å². The third-order valence-corrected chi connectivity index (χ3v) is 3.97. The number of benzene rings is 2. The normalized spacial score (nSPS) is 12.2. The minimum Gasteiger partial charge on any atom is -0.445 e. The van der Waals surface area contributed by atoms with E-state index in [2.05, 4.69) is 22.5 Å². The first kappa shape index (κ1) is 17.6. The third-order valence-electron chi connectivity index (χ3n) is 3.97. The third kappa shape index (κ3) is 5.12. The lowest BCUT2D eigenvalue weighted by Gasteiger charge is -2.16. The van der Waals surface area contributed by atoms with Crippen molar-refractivity contribution in [3.63, 3.8) is 0 Å². The van der Waals surface area contributed by atoms with E-state index in [1.807, 2.05) is 48.5 Å². The fourth-order valence-corrected chi connectivity index (χ4v) is 2.63. The van der Waals surface area contributed by atoms with Crippen molar-refractivity contribution in [3.05, 3.63) is 65.2 Å². The SMILES string of the molecule is O=C1CCc2cc(C#CCCNC(=O)OCc3ccccc3)ccc2N1. The zero-order chi connectivity index (χ0) is 18.2. The van der Waals surface area contributed by atoms with Gasteiger partial charge in [0.25, 0.3) is 0 Å². The second-order valence-corrected chi connectivity index (χ2v) is 5.96. The highest BCUT2D eigenvalue weighted by Crippen LogP contribution is 2.23. The Kier molecular flexibility index (Phi) is 5.89. The van der Waals surface area contributed by atoms with Crippen molar-refractivity contribution >= 4 is 17.7 Å². The van der Waals surface area contributed by atoms with E-state index in [4.69, 9.17) is 4.74 Å². The summed E-state index contributed by atoms with van der Waals surface area (Å²) in [5.41, 5.74) is 3.84. The monoisotopic (exact) mass is 348 g/mol. The highest BCUT2D eigenvalue weighted by molar-refractivity contribution is 5.94. The molecule has 2 amide bonds. The van der Waals surface area contributed by atoms with Crippen molar-refractivity contribution in [2.24, 2.45) is 0 Å². The number of carbonyl (C=O) groups is 2. The maximum Gasteiger partial charge on any atom is 0.407 e. The Hall–Kier alpha value is -3.26. The van der Waals surface area contributed by atoms with Crippen LogP contribution in [0.4, 0.5) is 10.5 Å². The number of aryl methyl sites for hydroxylation is 1. The summed E-state index contributed by atoms with van der Waals surface area (Å²) in [5.74, 6) is 6.18. The molecule has 0 saturated heterocycles. The molecule has 0 saturated carbocycles. The molecule has 1 aliphatic rings. The number of anilines is 1. The molecule has 0 unspecified atom stereocenters. The molecule has 0 aromatic heterocycles. The van der Waals surface area contributed by atoms with E-state index < -0.39 is 6.09 Å². The van der Waals surface area contributed by atoms with E-state index in [0.29, 0.717) is 19.4 Å². The van der Waals surface area contributed by atoms with E-state index >= 15 is 0 Å². The maximum atomic E-state index is 11.6. The summed E-state index contributed by atoms with van der Waals surface area (Å²) in [6, 6.07) is 15.3. The van der Waals surface area contributed by atoms with Crippen LogP contribution in [0, 0.1) is 11.8 Å². The number of carbonyl (C=O) groups excluding carboxylic acids is 2. The fourth-order valence-electron chi connectivity index (χ4n) is 2.63. The van der Waals surface area contributed by atoms with Crippen LogP contribution in [0.25, 0.3) is 0 Å². The van der Waals surface area contributed by atoms with Crippen LogP contribution >= 0.6 is 0 Å². The fraction of sp³-hybridized carbons (Fsp3) is 0.238. The highest BCUT2D eigenvalue weighted by atomic mass is 16.5. The molecule has 1 heterocycles. The van der Waals surface area contributed by atoms with Gasteiger partial charge >= 0.3 is 6.09 Å². The molecule has 2 aromatic carbocycles. The molecule has 3 rings (SSSR count). The molecule has 2 N–H and O–H groups in total. The van der Waals surface area contributed by atoms with Gasteiger partial charge in [-0.05, 0) is 35.7 Å². The molecule has 26 heavy (non-hydrogen) atoms. The van der Waals surface area contributed by atoms with E-state index in [1.165, 1.54) is 0 Å². The largest absolute Gasteiger partial charge is 0.445 e. The highest BCUT2D eigenvalue weighted by Gasteiger charge is 2.14. The quantitative estimate of drug-likeness (QED) is 0.658. The second-order valence-electron chi connectivity index (χ2n) is 5.96. The molecule has 0 atom stereocenters. The van der Waals surface area contributed by atoms with Crippen LogP contribution in [0.1, 0.15) is 29.5 Å². The van der Waals surface area contributed by atoms with Crippen LogP contribution in [0.3, 0.4) is 0 Å². The zero-order valence-corrected chi connectivity index (χ0v) is 14.4. The Bertz CT molecular complexity index is 851. The van der Waals surface area contributed by atoms with E-state index in [1.54, 1.807) is 0 Å². The maximum absolute atomic E-state index is 11.6. The standard InChI is InChI=1S/C21H20N2O3/c24-20-12-10-18-14-16(9-11-19(18)23-20)6-4-5-13-22-21(25)26-15-17-7-2-1-3-8-17/h1-3,7-9,11,14H,5,10,12-13,15H2,(H,22,25)(H,23,24). The van der Waals surface area contributed by atoms with Crippen LogP contribution in [-0.4, -0.2) is 18.5 Å². The van der Waals surface area contributed by atoms with Crippen molar-refractivity contribution in [2.45, 2.75) is 25.9 Å². The number of rotatable bonds is 4. The molecule has 1 aliphatic heterocycles. The topological polar surface area (TPSA) is 67.4 Å². The molecule has 2 aromatic rings. The number of nitrogens with one attached hydrogen (secondary N) is 2. The summed E-state index contributed by atoms with van der Waals surface area (Å²) in [7, 11) is 0. The molecular weight excluding hydrogens is 328 g/mol. The van der Waals surface area contributed by atoms with Gasteiger partial charge in [-0.15, -0.1) is 0 Å². The lowest BCUT2D eigenvalue weighted by Crippen LogP contribution is -2.24. The number of hydrogen-bond donors (Lipinski definition) is 2. The number of fused-ring (bicyclic) bond motifs is 1. The number of hydrogen-bond acceptors (Lipinski definition) is 3. The summed E-state index contributed by atoms with van der Waals surface area (Å²) in [6.45, 7) is 0.686. The van der Waals surface area contributed by atoms with Gasteiger partial charge in [-0.25, -0.2) is 4.79 Å². The zero-order valence-electron chi connectivity index (χ0n) is 14.4. The first-order valence-electron chi connectivity index (χ1n) is 8.57. The van der Waals surface area contributed by atoms with Gasteiger partial charge in [0, 0.05) is 30.6 Å². The van der Waals surface area contributed by atoms with E-state index in [0.717, 1.165) is 28.8 Å². The minimum atomic E-state index is -0.444. The van der Waals surface area contributed by atoms with E-state index in [9.17, 15) is 9.59 Å². The number of alkyl carbamates (subject to hydrolysis) is 1. The van der Waals surface area contributed by atoms with Gasteiger partial charge in [0.15, 0.2) is 0 Å². The predicted octanol–water partition coefficient (Wildman–Crippen LogP) is 3.24. The van der Waals surface area contributed by atoms with Gasteiger partial charge < -0.3 is 15.4 Å². The molecule has 0 aliphatic carbocycles. The molecular formula is C21H20N2O3.